The van der Waals surface area contributed by atoms with Crippen molar-refractivity contribution in [3.05, 3.63) is 48.7 Å². The summed E-state index contributed by atoms with van der Waals surface area (Å²) in [4.78, 5) is 7.07. The summed E-state index contributed by atoms with van der Waals surface area (Å²) in [7, 11) is 0. The molecule has 3 heteroatoms. The molecule has 2 aliphatic heterocycles. The smallest absolute Gasteiger partial charge is 0.0703 e. The molecule has 2 atom stereocenters. The monoisotopic (exact) mass is 251 g/mol. The van der Waals surface area contributed by atoms with Crippen molar-refractivity contribution in [3.63, 3.8) is 0 Å². The molecule has 3 nitrogen and oxygen atoms in total. The third-order valence-electron chi connectivity index (χ3n) is 4.28. The molecule has 2 fully saturated rings. The molecule has 0 unspecified atom stereocenters. The highest BCUT2D eigenvalue weighted by molar-refractivity contribution is 5.62. The molecule has 0 spiro atoms. The minimum atomic E-state index is 0.685. The van der Waals surface area contributed by atoms with Gasteiger partial charge in [0.2, 0.25) is 0 Å². The minimum absolute atomic E-state index is 0.685. The van der Waals surface area contributed by atoms with Crippen LogP contribution in [0.15, 0.2) is 48.7 Å². The van der Waals surface area contributed by atoms with Crippen LogP contribution in [0.25, 0.3) is 11.3 Å². The van der Waals surface area contributed by atoms with Crippen LogP contribution in [0.2, 0.25) is 0 Å². The fourth-order valence-corrected chi connectivity index (χ4v) is 3.15. The summed E-state index contributed by atoms with van der Waals surface area (Å²) < 4.78 is 0. The Balaban J connectivity index is 1.57. The summed E-state index contributed by atoms with van der Waals surface area (Å²) in [5, 5.41) is 3.46. The summed E-state index contributed by atoms with van der Waals surface area (Å²) >= 11 is 0. The van der Waals surface area contributed by atoms with E-state index in [-0.39, 0.29) is 0 Å². The van der Waals surface area contributed by atoms with Gasteiger partial charge in [0.25, 0.3) is 0 Å². The van der Waals surface area contributed by atoms with Crippen molar-refractivity contribution in [3.8, 4) is 11.3 Å². The maximum absolute atomic E-state index is 4.60. The number of aromatic nitrogens is 1. The SMILES string of the molecule is c1ccc(-c2ccc(N3C[C@H]4CNC[C@H]43)cn2)cc1. The number of pyridine rings is 1. The van der Waals surface area contributed by atoms with Crippen molar-refractivity contribution in [2.24, 2.45) is 5.92 Å². The third-order valence-corrected chi connectivity index (χ3v) is 4.28. The molecule has 0 aliphatic carbocycles. The van der Waals surface area contributed by atoms with Gasteiger partial charge in [0.15, 0.2) is 0 Å². The van der Waals surface area contributed by atoms with Crippen LogP contribution in [0, 0.1) is 5.92 Å². The zero-order valence-electron chi connectivity index (χ0n) is 10.8. The molecule has 2 aromatic rings. The topological polar surface area (TPSA) is 28.2 Å². The number of benzene rings is 1. The van der Waals surface area contributed by atoms with E-state index in [2.05, 4.69) is 51.6 Å². The van der Waals surface area contributed by atoms with E-state index in [0.717, 1.165) is 18.2 Å². The Morgan fingerprint density at radius 2 is 1.95 bits per heavy atom. The standard InChI is InChI=1S/C16H17N3/c1-2-4-12(5-3-1)15-7-6-14(9-18-15)19-11-13-8-17-10-16(13)19/h1-7,9,13,16-17H,8,10-11H2/t13-,16-/m1/s1. The van der Waals surface area contributed by atoms with Crippen molar-refractivity contribution in [1.29, 1.82) is 0 Å². The highest BCUT2D eigenvalue weighted by Crippen LogP contribution is 2.33. The van der Waals surface area contributed by atoms with Gasteiger partial charge in [0, 0.05) is 37.2 Å². The molecule has 1 N–H and O–H groups in total. The minimum Gasteiger partial charge on any atom is -0.365 e. The number of nitrogens with zero attached hydrogens (tertiary/aromatic N) is 2. The molecule has 4 rings (SSSR count). The van der Waals surface area contributed by atoms with Gasteiger partial charge in [0.1, 0.15) is 0 Å². The van der Waals surface area contributed by atoms with Crippen LogP contribution in [0.3, 0.4) is 0 Å². The second-order valence-corrected chi connectivity index (χ2v) is 5.41. The van der Waals surface area contributed by atoms with E-state index in [9.17, 15) is 0 Å². The molecule has 0 radical (unpaired) electrons. The Morgan fingerprint density at radius 1 is 1.05 bits per heavy atom. The maximum atomic E-state index is 4.60. The molecule has 3 heterocycles. The summed E-state index contributed by atoms with van der Waals surface area (Å²) in [6, 6.07) is 15.3. The van der Waals surface area contributed by atoms with Gasteiger partial charge in [0.05, 0.1) is 17.6 Å². The molecular formula is C16H17N3. The third kappa shape index (κ3) is 1.81. The number of rotatable bonds is 2. The molecule has 19 heavy (non-hydrogen) atoms. The largest absolute Gasteiger partial charge is 0.365 e. The Morgan fingerprint density at radius 3 is 2.68 bits per heavy atom. The predicted octanol–water partition coefficient (Wildman–Crippen LogP) is 2.16. The fourth-order valence-electron chi connectivity index (χ4n) is 3.15. The Labute approximate surface area is 113 Å². The Hall–Kier alpha value is -1.87. The van der Waals surface area contributed by atoms with Gasteiger partial charge >= 0.3 is 0 Å². The summed E-state index contributed by atoms with van der Waals surface area (Å²) in [6.07, 6.45) is 2.01. The Kier molecular flexibility index (Phi) is 2.52. The zero-order chi connectivity index (χ0) is 12.7. The van der Waals surface area contributed by atoms with Gasteiger partial charge in [-0.3, -0.25) is 4.98 Å². The van der Waals surface area contributed by atoms with E-state index in [1.807, 2.05) is 12.3 Å². The number of hydrogen-bond acceptors (Lipinski definition) is 3. The summed E-state index contributed by atoms with van der Waals surface area (Å²) in [6.45, 7) is 3.46. The first kappa shape index (κ1) is 11.0. The van der Waals surface area contributed by atoms with Crippen LogP contribution in [0.5, 0.6) is 0 Å². The average Bonchev–Trinajstić information content (AvgIpc) is 2.82. The normalized spacial score (nSPS) is 24.9. The van der Waals surface area contributed by atoms with Crippen LogP contribution >= 0.6 is 0 Å². The van der Waals surface area contributed by atoms with Gasteiger partial charge in [-0.2, -0.15) is 0 Å². The highest BCUT2D eigenvalue weighted by Gasteiger charge is 2.42. The van der Waals surface area contributed by atoms with E-state index in [1.54, 1.807) is 0 Å². The van der Waals surface area contributed by atoms with Crippen molar-refractivity contribution in [1.82, 2.24) is 10.3 Å². The highest BCUT2D eigenvalue weighted by atomic mass is 15.3. The average molecular weight is 251 g/mol. The zero-order valence-corrected chi connectivity index (χ0v) is 10.8. The van der Waals surface area contributed by atoms with Crippen molar-refractivity contribution in [2.75, 3.05) is 24.5 Å². The van der Waals surface area contributed by atoms with Gasteiger partial charge in [-0.1, -0.05) is 30.3 Å². The van der Waals surface area contributed by atoms with Gasteiger partial charge in [-0.15, -0.1) is 0 Å². The quantitative estimate of drug-likeness (QED) is 0.886. The van der Waals surface area contributed by atoms with Gasteiger partial charge in [-0.25, -0.2) is 0 Å². The van der Waals surface area contributed by atoms with Gasteiger partial charge < -0.3 is 10.2 Å². The van der Waals surface area contributed by atoms with Crippen molar-refractivity contribution >= 4 is 5.69 Å². The molecule has 2 saturated heterocycles. The lowest BCUT2D eigenvalue weighted by atomic mass is 9.91. The lowest BCUT2D eigenvalue weighted by Crippen LogP contribution is -2.55. The van der Waals surface area contributed by atoms with Crippen molar-refractivity contribution in [2.45, 2.75) is 6.04 Å². The van der Waals surface area contributed by atoms with E-state index >= 15 is 0 Å². The molecule has 0 saturated carbocycles. The molecular weight excluding hydrogens is 234 g/mol. The number of nitrogens with one attached hydrogen (secondary N) is 1. The first-order valence-corrected chi connectivity index (χ1v) is 6.91. The van der Waals surface area contributed by atoms with E-state index in [4.69, 9.17) is 0 Å². The first-order chi connectivity index (χ1) is 9.42. The predicted molar refractivity (Wildman–Crippen MR) is 77.2 cm³/mol. The van der Waals surface area contributed by atoms with Crippen LogP contribution in [-0.4, -0.2) is 30.7 Å². The second kappa shape index (κ2) is 4.35. The summed E-state index contributed by atoms with van der Waals surface area (Å²) in [5.74, 6) is 0.841. The molecule has 96 valence electrons. The molecule has 0 amide bonds. The maximum Gasteiger partial charge on any atom is 0.0703 e. The molecule has 1 aromatic heterocycles. The lowest BCUT2D eigenvalue weighted by Gasteiger charge is -2.45. The van der Waals surface area contributed by atoms with Crippen LogP contribution in [0.1, 0.15) is 0 Å². The van der Waals surface area contributed by atoms with Crippen LogP contribution in [0.4, 0.5) is 5.69 Å². The van der Waals surface area contributed by atoms with E-state index in [0.29, 0.717) is 6.04 Å². The van der Waals surface area contributed by atoms with E-state index < -0.39 is 0 Å². The number of anilines is 1. The second-order valence-electron chi connectivity index (χ2n) is 5.41. The summed E-state index contributed by atoms with van der Waals surface area (Å²) in [5.41, 5.74) is 3.48. The lowest BCUT2D eigenvalue weighted by molar-refractivity contribution is 0.365. The number of fused-ring (bicyclic) bond motifs is 1. The first-order valence-electron chi connectivity index (χ1n) is 6.91. The van der Waals surface area contributed by atoms with Gasteiger partial charge in [-0.05, 0) is 12.1 Å². The molecule has 1 aromatic carbocycles. The Bertz CT molecular complexity index is 564. The molecule has 0 bridgehead atoms. The fraction of sp³-hybridized carbons (Fsp3) is 0.312. The van der Waals surface area contributed by atoms with Crippen LogP contribution < -0.4 is 10.2 Å². The molecule has 2 aliphatic rings. The van der Waals surface area contributed by atoms with Crippen molar-refractivity contribution < 1.29 is 0 Å². The van der Waals surface area contributed by atoms with Crippen LogP contribution in [-0.2, 0) is 0 Å². The number of hydrogen-bond donors (Lipinski definition) is 1. The van der Waals surface area contributed by atoms with E-state index in [1.165, 1.54) is 24.3 Å².